The van der Waals surface area contributed by atoms with E-state index in [1.165, 1.54) is 11.8 Å². The number of carbonyl (C=O) groups excluding carboxylic acids is 1. The SMILES string of the molecule is CC(=O)N1CCN(S(=O)(=O)c2cc3ccccc3s2)C(C(=O)O)C1. The zero-order valence-corrected chi connectivity index (χ0v) is 14.5. The van der Waals surface area contributed by atoms with Crippen LogP contribution < -0.4 is 0 Å². The molecule has 0 radical (unpaired) electrons. The summed E-state index contributed by atoms with van der Waals surface area (Å²) in [7, 11) is -3.93. The summed E-state index contributed by atoms with van der Waals surface area (Å²) in [6.07, 6.45) is 0. The van der Waals surface area contributed by atoms with Crippen LogP contribution in [0.5, 0.6) is 0 Å². The van der Waals surface area contributed by atoms with E-state index in [9.17, 15) is 23.1 Å². The van der Waals surface area contributed by atoms with E-state index in [1.807, 2.05) is 24.3 Å². The zero-order chi connectivity index (χ0) is 17.5. The zero-order valence-electron chi connectivity index (χ0n) is 12.9. The van der Waals surface area contributed by atoms with Gasteiger partial charge in [-0.3, -0.25) is 9.59 Å². The molecule has 2 aromatic rings. The van der Waals surface area contributed by atoms with Crippen molar-refractivity contribution >= 4 is 43.3 Å². The lowest BCUT2D eigenvalue weighted by molar-refractivity contribution is -0.145. The quantitative estimate of drug-likeness (QED) is 0.879. The van der Waals surface area contributed by atoms with E-state index in [-0.39, 0.29) is 29.8 Å². The number of piperazine rings is 1. The Morgan fingerprint density at radius 3 is 2.58 bits per heavy atom. The summed E-state index contributed by atoms with van der Waals surface area (Å²) < 4.78 is 27.8. The fourth-order valence-corrected chi connectivity index (χ4v) is 5.83. The lowest BCUT2D eigenvalue weighted by atomic mass is 10.2. The van der Waals surface area contributed by atoms with Gasteiger partial charge in [-0.15, -0.1) is 11.3 Å². The Bertz CT molecular complexity index is 872. The van der Waals surface area contributed by atoms with Crippen molar-refractivity contribution in [3.8, 4) is 0 Å². The molecule has 1 aromatic carbocycles. The minimum atomic E-state index is -3.93. The van der Waals surface area contributed by atoms with Gasteiger partial charge in [0, 0.05) is 31.3 Å². The number of thiophene rings is 1. The van der Waals surface area contributed by atoms with Crippen LogP contribution >= 0.6 is 11.3 Å². The number of aliphatic carboxylic acids is 1. The largest absolute Gasteiger partial charge is 0.480 e. The van der Waals surface area contributed by atoms with Crippen molar-refractivity contribution in [1.29, 1.82) is 0 Å². The number of sulfonamides is 1. The number of benzene rings is 1. The number of rotatable bonds is 3. The van der Waals surface area contributed by atoms with Crippen LogP contribution in [-0.4, -0.2) is 60.3 Å². The molecule has 0 spiro atoms. The first-order valence-electron chi connectivity index (χ1n) is 7.29. The summed E-state index contributed by atoms with van der Waals surface area (Å²) in [5.74, 6) is -1.52. The Hall–Kier alpha value is -1.97. The molecule has 24 heavy (non-hydrogen) atoms. The maximum Gasteiger partial charge on any atom is 0.323 e. The van der Waals surface area contributed by atoms with Crippen LogP contribution in [0.1, 0.15) is 6.92 Å². The summed E-state index contributed by atoms with van der Waals surface area (Å²) in [5.41, 5.74) is 0. The highest BCUT2D eigenvalue weighted by atomic mass is 32.2. The van der Waals surface area contributed by atoms with Crippen molar-refractivity contribution in [3.05, 3.63) is 30.3 Å². The lowest BCUT2D eigenvalue weighted by Gasteiger charge is -2.37. The second kappa shape index (κ2) is 6.15. The molecular formula is C15H16N2O5S2. The Balaban J connectivity index is 1.98. The van der Waals surface area contributed by atoms with Crippen molar-refractivity contribution in [3.63, 3.8) is 0 Å². The number of carboxylic acid groups (broad SMARTS) is 1. The lowest BCUT2D eigenvalue weighted by Crippen LogP contribution is -2.58. The van der Waals surface area contributed by atoms with Crippen LogP contribution in [-0.2, 0) is 19.6 Å². The third kappa shape index (κ3) is 2.90. The molecule has 1 aliphatic heterocycles. The molecule has 0 saturated carbocycles. The van der Waals surface area contributed by atoms with E-state index < -0.39 is 22.0 Å². The average molecular weight is 368 g/mol. The highest BCUT2D eigenvalue weighted by Crippen LogP contribution is 2.32. The fourth-order valence-electron chi connectivity index (χ4n) is 2.74. The molecule has 1 aromatic heterocycles. The van der Waals surface area contributed by atoms with Gasteiger partial charge in [0.05, 0.1) is 0 Å². The Labute approximate surface area is 143 Å². The van der Waals surface area contributed by atoms with E-state index in [4.69, 9.17) is 0 Å². The molecule has 2 heterocycles. The van der Waals surface area contributed by atoms with Crippen molar-refractivity contribution in [2.75, 3.05) is 19.6 Å². The smallest absolute Gasteiger partial charge is 0.323 e. The summed E-state index contributed by atoms with van der Waals surface area (Å²) in [6.45, 7) is 1.35. The van der Waals surface area contributed by atoms with Gasteiger partial charge in [-0.05, 0) is 17.5 Å². The molecule has 1 fully saturated rings. The molecular weight excluding hydrogens is 352 g/mol. The van der Waals surface area contributed by atoms with Gasteiger partial charge in [0.1, 0.15) is 10.3 Å². The Morgan fingerprint density at radius 2 is 1.96 bits per heavy atom. The third-order valence-corrected chi connectivity index (χ3v) is 7.50. The van der Waals surface area contributed by atoms with Crippen LogP contribution in [0.4, 0.5) is 0 Å². The monoisotopic (exact) mass is 368 g/mol. The topological polar surface area (TPSA) is 95.0 Å². The molecule has 1 aliphatic rings. The van der Waals surface area contributed by atoms with Crippen LogP contribution in [0.2, 0.25) is 0 Å². The Kier molecular flexibility index (Phi) is 4.33. The van der Waals surface area contributed by atoms with Crippen LogP contribution in [0.15, 0.2) is 34.5 Å². The number of fused-ring (bicyclic) bond motifs is 1. The van der Waals surface area contributed by atoms with Crippen molar-refractivity contribution in [2.24, 2.45) is 0 Å². The van der Waals surface area contributed by atoms with Gasteiger partial charge in [-0.2, -0.15) is 4.31 Å². The van der Waals surface area contributed by atoms with Gasteiger partial charge < -0.3 is 10.0 Å². The first-order valence-corrected chi connectivity index (χ1v) is 9.55. The van der Waals surface area contributed by atoms with Gasteiger partial charge in [0.2, 0.25) is 5.91 Å². The van der Waals surface area contributed by atoms with Crippen LogP contribution in [0, 0.1) is 0 Å². The summed E-state index contributed by atoms with van der Waals surface area (Å²) in [5, 5.41) is 10.2. The molecule has 0 aliphatic carbocycles. The minimum absolute atomic E-state index is 0.0346. The third-order valence-electron chi connectivity index (χ3n) is 4.03. The maximum atomic E-state index is 12.9. The summed E-state index contributed by atoms with van der Waals surface area (Å²) >= 11 is 1.12. The minimum Gasteiger partial charge on any atom is -0.480 e. The average Bonchev–Trinajstić information content (AvgIpc) is 2.99. The molecule has 1 amide bonds. The fraction of sp³-hybridized carbons (Fsp3) is 0.333. The van der Waals surface area contributed by atoms with E-state index >= 15 is 0 Å². The summed E-state index contributed by atoms with van der Waals surface area (Å²) in [6, 6.07) is 7.55. The van der Waals surface area contributed by atoms with Gasteiger partial charge >= 0.3 is 5.97 Å². The van der Waals surface area contributed by atoms with E-state index in [0.717, 1.165) is 25.7 Å². The normalized spacial score (nSPS) is 19.5. The molecule has 3 rings (SSSR count). The number of carboxylic acids is 1. The second-order valence-electron chi connectivity index (χ2n) is 5.54. The predicted octanol–water partition coefficient (Wildman–Crippen LogP) is 1.21. The number of carbonyl (C=O) groups is 2. The van der Waals surface area contributed by atoms with Crippen LogP contribution in [0.3, 0.4) is 0 Å². The maximum absolute atomic E-state index is 12.9. The number of amides is 1. The van der Waals surface area contributed by atoms with Gasteiger partial charge in [-0.1, -0.05) is 18.2 Å². The molecule has 1 saturated heterocycles. The number of nitrogens with zero attached hydrogens (tertiary/aromatic N) is 2. The highest BCUT2D eigenvalue weighted by molar-refractivity contribution is 7.91. The van der Waals surface area contributed by atoms with Crippen molar-refractivity contribution in [2.45, 2.75) is 17.2 Å². The first kappa shape index (κ1) is 16.9. The van der Waals surface area contributed by atoms with Gasteiger partial charge in [-0.25, -0.2) is 8.42 Å². The van der Waals surface area contributed by atoms with Gasteiger partial charge in [0.25, 0.3) is 10.0 Å². The van der Waals surface area contributed by atoms with Gasteiger partial charge in [0.15, 0.2) is 0 Å². The number of hydrogen-bond donors (Lipinski definition) is 1. The molecule has 1 N–H and O–H groups in total. The molecule has 128 valence electrons. The Morgan fingerprint density at radius 1 is 1.25 bits per heavy atom. The van der Waals surface area contributed by atoms with E-state index in [1.54, 1.807) is 6.07 Å². The van der Waals surface area contributed by atoms with E-state index in [2.05, 4.69) is 0 Å². The highest BCUT2D eigenvalue weighted by Gasteiger charge is 2.41. The number of hydrogen-bond acceptors (Lipinski definition) is 5. The molecule has 0 bridgehead atoms. The molecule has 1 atom stereocenters. The molecule has 9 heteroatoms. The predicted molar refractivity (Wildman–Crippen MR) is 89.4 cm³/mol. The first-order chi connectivity index (χ1) is 11.3. The second-order valence-corrected chi connectivity index (χ2v) is 8.74. The van der Waals surface area contributed by atoms with E-state index in [0.29, 0.717) is 0 Å². The molecule has 7 nitrogen and oxygen atoms in total. The standard InChI is InChI=1S/C15H16N2O5S2/c1-10(18)16-6-7-17(12(9-16)15(19)20)24(21,22)14-8-11-4-2-3-5-13(11)23-14/h2-5,8,12H,6-7,9H2,1H3,(H,19,20). The summed E-state index contributed by atoms with van der Waals surface area (Å²) in [4.78, 5) is 24.4. The van der Waals surface area contributed by atoms with Crippen molar-refractivity contribution < 1.29 is 23.1 Å². The molecule has 1 unspecified atom stereocenters. The van der Waals surface area contributed by atoms with Crippen molar-refractivity contribution in [1.82, 2.24) is 9.21 Å². The van der Waals surface area contributed by atoms with Crippen LogP contribution in [0.25, 0.3) is 10.1 Å².